The quantitative estimate of drug-likeness (QED) is 0.495. The van der Waals surface area contributed by atoms with Crippen molar-refractivity contribution in [1.82, 2.24) is 9.97 Å². The number of likely N-dealkylation sites (N-methyl/N-ethyl adjacent to an activating group) is 2. The van der Waals surface area contributed by atoms with Gasteiger partial charge in [0, 0.05) is 36.9 Å². The summed E-state index contributed by atoms with van der Waals surface area (Å²) < 4.78 is 6.49. The molecule has 0 aliphatic carbocycles. The third-order valence-corrected chi connectivity index (χ3v) is 5.40. The molecule has 0 N–H and O–H groups in total. The fourth-order valence-electron chi connectivity index (χ4n) is 4.10. The van der Waals surface area contributed by atoms with Gasteiger partial charge in [-0.1, -0.05) is 12.1 Å². The molecule has 0 amide bonds. The SMILES string of the molecule is CCN1c2nc3ccccc3nc2N(CC)C12C=Cc1cc([N+](=O)[O-])ccc1O2. The smallest absolute Gasteiger partial charge is 0.287 e. The molecule has 1 aromatic heterocycles. The predicted octanol–water partition coefficient (Wildman–Crippen LogP) is 3.96. The highest BCUT2D eigenvalue weighted by atomic mass is 16.6. The number of nitro benzene ring substituents is 1. The van der Waals surface area contributed by atoms with E-state index in [0.29, 0.717) is 24.4 Å². The summed E-state index contributed by atoms with van der Waals surface area (Å²) in [6.07, 6.45) is 3.81. The van der Waals surface area contributed by atoms with Crippen molar-refractivity contribution in [3.8, 4) is 5.75 Å². The van der Waals surface area contributed by atoms with E-state index in [1.807, 2.05) is 50.3 Å². The van der Waals surface area contributed by atoms with Crippen LogP contribution in [0.4, 0.5) is 17.3 Å². The van der Waals surface area contributed by atoms with E-state index in [9.17, 15) is 10.1 Å². The number of anilines is 2. The number of ether oxygens (including phenoxy) is 1. The molecule has 0 radical (unpaired) electrons. The summed E-state index contributed by atoms with van der Waals surface area (Å²) in [6, 6.07) is 12.4. The van der Waals surface area contributed by atoms with Gasteiger partial charge in [0.05, 0.1) is 16.0 Å². The van der Waals surface area contributed by atoms with Gasteiger partial charge in [0.1, 0.15) is 5.75 Å². The average molecular weight is 389 g/mol. The van der Waals surface area contributed by atoms with Crippen LogP contribution in [-0.2, 0) is 0 Å². The van der Waals surface area contributed by atoms with E-state index < -0.39 is 10.8 Å². The summed E-state index contributed by atoms with van der Waals surface area (Å²) in [4.78, 5) is 24.6. The maximum Gasteiger partial charge on any atom is 0.287 e. The van der Waals surface area contributed by atoms with Gasteiger partial charge in [-0.05, 0) is 38.1 Å². The Bertz CT molecular complexity index is 1130. The van der Waals surface area contributed by atoms with Crippen molar-refractivity contribution in [2.24, 2.45) is 0 Å². The lowest BCUT2D eigenvalue weighted by Gasteiger charge is -2.43. The van der Waals surface area contributed by atoms with Crippen LogP contribution in [0.5, 0.6) is 5.75 Å². The summed E-state index contributed by atoms with van der Waals surface area (Å²) in [5.41, 5.74) is 2.37. The zero-order valence-electron chi connectivity index (χ0n) is 16.1. The third kappa shape index (κ3) is 2.38. The highest BCUT2D eigenvalue weighted by molar-refractivity contribution is 5.85. The molecule has 8 heteroatoms. The van der Waals surface area contributed by atoms with E-state index in [4.69, 9.17) is 14.7 Å². The van der Waals surface area contributed by atoms with Gasteiger partial charge in [-0.2, -0.15) is 0 Å². The van der Waals surface area contributed by atoms with Gasteiger partial charge in [0.2, 0.25) is 0 Å². The normalized spacial score (nSPS) is 16.1. The minimum atomic E-state index is -0.910. The van der Waals surface area contributed by atoms with E-state index in [1.165, 1.54) is 12.1 Å². The van der Waals surface area contributed by atoms with Gasteiger partial charge in [-0.3, -0.25) is 19.9 Å². The predicted molar refractivity (Wildman–Crippen MR) is 111 cm³/mol. The van der Waals surface area contributed by atoms with Crippen molar-refractivity contribution < 1.29 is 9.66 Å². The molecular formula is C21H19N5O3. The number of aromatic nitrogens is 2. The number of hydrogen-bond donors (Lipinski definition) is 0. The zero-order valence-corrected chi connectivity index (χ0v) is 16.1. The maximum absolute atomic E-state index is 11.1. The molecular weight excluding hydrogens is 370 g/mol. The molecule has 29 heavy (non-hydrogen) atoms. The Balaban J connectivity index is 1.67. The summed E-state index contributed by atoms with van der Waals surface area (Å²) in [5, 5.41) is 11.1. The van der Waals surface area contributed by atoms with Gasteiger partial charge in [0.15, 0.2) is 11.6 Å². The number of nitro groups is 1. The van der Waals surface area contributed by atoms with E-state index >= 15 is 0 Å². The highest BCUT2D eigenvalue weighted by Crippen LogP contribution is 2.47. The number of rotatable bonds is 3. The first kappa shape index (κ1) is 17.4. The van der Waals surface area contributed by atoms with Crippen LogP contribution < -0.4 is 14.5 Å². The first-order valence-electron chi connectivity index (χ1n) is 9.56. The second-order valence-electron chi connectivity index (χ2n) is 6.92. The standard InChI is InChI=1S/C21H19N5O3/c1-3-24-19-20(23-17-8-6-5-7-16(17)22-19)25(4-2)21(24)12-11-14-13-15(26(27)28)9-10-18(14)29-21/h5-13H,3-4H2,1-2H3. The Kier molecular flexibility index (Phi) is 3.70. The molecule has 0 bridgehead atoms. The molecule has 0 saturated carbocycles. The largest absolute Gasteiger partial charge is 0.445 e. The molecule has 8 nitrogen and oxygen atoms in total. The van der Waals surface area contributed by atoms with E-state index in [2.05, 4.69) is 9.80 Å². The molecule has 2 aliphatic heterocycles. The second-order valence-corrected chi connectivity index (χ2v) is 6.92. The Morgan fingerprint density at radius 2 is 1.66 bits per heavy atom. The summed E-state index contributed by atoms with van der Waals surface area (Å²) in [5.74, 6) is 1.21. The van der Waals surface area contributed by atoms with Gasteiger partial charge in [0.25, 0.3) is 11.5 Å². The highest BCUT2D eigenvalue weighted by Gasteiger charge is 2.52. The molecule has 3 aromatic rings. The molecule has 0 saturated heterocycles. The van der Waals surface area contributed by atoms with Crippen molar-refractivity contribution in [2.75, 3.05) is 22.9 Å². The molecule has 2 aliphatic rings. The Morgan fingerprint density at radius 1 is 1.03 bits per heavy atom. The first-order valence-corrected chi connectivity index (χ1v) is 9.56. The number of nitrogens with zero attached hydrogens (tertiary/aromatic N) is 5. The molecule has 0 unspecified atom stereocenters. The number of fused-ring (bicyclic) bond motifs is 3. The molecule has 5 rings (SSSR count). The van der Waals surface area contributed by atoms with E-state index in [1.54, 1.807) is 6.07 Å². The van der Waals surface area contributed by atoms with Crippen molar-refractivity contribution in [3.63, 3.8) is 0 Å². The van der Waals surface area contributed by atoms with E-state index in [0.717, 1.165) is 22.7 Å². The third-order valence-electron chi connectivity index (χ3n) is 5.40. The Morgan fingerprint density at radius 3 is 2.21 bits per heavy atom. The van der Waals surface area contributed by atoms with Gasteiger partial charge < -0.3 is 4.74 Å². The number of para-hydroxylation sites is 2. The second kappa shape index (κ2) is 6.16. The van der Waals surface area contributed by atoms with Gasteiger partial charge >= 0.3 is 0 Å². The Hall–Kier alpha value is -3.68. The van der Waals surface area contributed by atoms with Crippen molar-refractivity contribution in [3.05, 3.63) is 64.2 Å². The number of hydrogen-bond acceptors (Lipinski definition) is 7. The number of non-ortho nitro benzene ring substituents is 1. The van der Waals surface area contributed by atoms with Crippen LogP contribution in [0, 0.1) is 10.1 Å². The molecule has 0 atom stereocenters. The lowest BCUT2D eigenvalue weighted by molar-refractivity contribution is -0.384. The molecule has 146 valence electrons. The van der Waals surface area contributed by atoms with Crippen LogP contribution in [0.25, 0.3) is 17.1 Å². The van der Waals surface area contributed by atoms with Crippen LogP contribution in [0.3, 0.4) is 0 Å². The zero-order chi connectivity index (χ0) is 20.2. The fourth-order valence-corrected chi connectivity index (χ4v) is 4.10. The summed E-state index contributed by atoms with van der Waals surface area (Å²) in [6.45, 7) is 5.40. The Labute approximate surface area is 167 Å². The molecule has 3 heterocycles. The minimum Gasteiger partial charge on any atom is -0.445 e. The lowest BCUT2D eigenvalue weighted by Crippen LogP contribution is -2.61. The van der Waals surface area contributed by atoms with Crippen LogP contribution in [0.15, 0.2) is 48.5 Å². The van der Waals surface area contributed by atoms with Crippen LogP contribution in [0.1, 0.15) is 19.4 Å². The molecule has 1 spiro atoms. The van der Waals surface area contributed by atoms with Crippen molar-refractivity contribution in [2.45, 2.75) is 19.7 Å². The van der Waals surface area contributed by atoms with Gasteiger partial charge in [-0.25, -0.2) is 9.97 Å². The van der Waals surface area contributed by atoms with Crippen LogP contribution in [-0.4, -0.2) is 33.8 Å². The van der Waals surface area contributed by atoms with Crippen LogP contribution in [0.2, 0.25) is 0 Å². The maximum atomic E-state index is 11.1. The summed E-state index contributed by atoms with van der Waals surface area (Å²) in [7, 11) is 0. The van der Waals surface area contributed by atoms with Crippen molar-refractivity contribution >= 4 is 34.4 Å². The first-order chi connectivity index (χ1) is 14.1. The summed E-state index contributed by atoms with van der Waals surface area (Å²) >= 11 is 0. The molecule has 0 fully saturated rings. The van der Waals surface area contributed by atoms with Gasteiger partial charge in [-0.15, -0.1) is 0 Å². The number of benzene rings is 2. The average Bonchev–Trinajstić information content (AvgIpc) is 2.98. The fraction of sp³-hybridized carbons (Fsp3) is 0.238. The molecule has 2 aromatic carbocycles. The van der Waals surface area contributed by atoms with Crippen LogP contribution >= 0.6 is 0 Å². The minimum absolute atomic E-state index is 0.0388. The topological polar surface area (TPSA) is 84.6 Å². The van der Waals surface area contributed by atoms with Crippen molar-refractivity contribution in [1.29, 1.82) is 0 Å². The lowest BCUT2D eigenvalue weighted by atomic mass is 10.1. The van der Waals surface area contributed by atoms with E-state index in [-0.39, 0.29) is 5.69 Å². The monoisotopic (exact) mass is 389 g/mol.